The first-order valence-corrected chi connectivity index (χ1v) is 9.13. The summed E-state index contributed by atoms with van der Waals surface area (Å²) in [5, 5.41) is 5.26. The maximum Gasteiger partial charge on any atom is 0.151 e. The molecule has 0 aliphatic carbocycles. The summed E-state index contributed by atoms with van der Waals surface area (Å²) in [5.74, 6) is 1.02. The highest BCUT2D eigenvalue weighted by Crippen LogP contribution is 2.08. The van der Waals surface area contributed by atoms with Crippen LogP contribution in [0.3, 0.4) is 0 Å². The van der Waals surface area contributed by atoms with Crippen molar-refractivity contribution in [2.45, 2.75) is 26.7 Å². The molecule has 0 amide bonds. The lowest BCUT2D eigenvalue weighted by Gasteiger charge is -2.07. The van der Waals surface area contributed by atoms with Crippen LogP contribution in [0.4, 0.5) is 0 Å². The van der Waals surface area contributed by atoms with Gasteiger partial charge >= 0.3 is 0 Å². The number of thiophene rings is 1. The Bertz CT molecular complexity index is 410. The van der Waals surface area contributed by atoms with Crippen LogP contribution in [0.5, 0.6) is 0 Å². The molecule has 1 rings (SSSR count). The van der Waals surface area contributed by atoms with Crippen LogP contribution in [0.2, 0.25) is 0 Å². The molecule has 0 radical (unpaired) electrons. The molecular formula is C13H23NO2S2. The van der Waals surface area contributed by atoms with E-state index in [1.54, 1.807) is 11.3 Å². The highest BCUT2D eigenvalue weighted by Gasteiger charge is 2.10. The topological polar surface area (TPSA) is 46.2 Å². The van der Waals surface area contributed by atoms with Gasteiger partial charge in [0.25, 0.3) is 0 Å². The molecule has 3 nitrogen and oxygen atoms in total. The average molecular weight is 289 g/mol. The van der Waals surface area contributed by atoms with E-state index in [1.165, 1.54) is 4.88 Å². The zero-order valence-electron chi connectivity index (χ0n) is 11.2. The summed E-state index contributed by atoms with van der Waals surface area (Å²) in [6, 6.07) is 4.14. The minimum atomic E-state index is -2.87. The summed E-state index contributed by atoms with van der Waals surface area (Å²) in [4.78, 5) is 1.34. The molecule has 18 heavy (non-hydrogen) atoms. The van der Waals surface area contributed by atoms with Gasteiger partial charge in [0.2, 0.25) is 0 Å². The van der Waals surface area contributed by atoms with E-state index in [1.807, 2.05) is 6.07 Å². The molecule has 0 saturated heterocycles. The number of hydrogen-bond acceptors (Lipinski definition) is 4. The van der Waals surface area contributed by atoms with E-state index in [2.05, 4.69) is 30.6 Å². The van der Waals surface area contributed by atoms with Crippen LogP contribution >= 0.6 is 11.3 Å². The number of nitrogens with one attached hydrogen (secondary N) is 1. The predicted octanol–water partition coefficient (Wildman–Crippen LogP) is 2.34. The van der Waals surface area contributed by atoms with Gasteiger partial charge in [-0.2, -0.15) is 0 Å². The molecule has 1 N–H and O–H groups in total. The van der Waals surface area contributed by atoms with E-state index in [-0.39, 0.29) is 5.75 Å². The molecule has 0 atom stereocenters. The summed E-state index contributed by atoms with van der Waals surface area (Å²) < 4.78 is 23.4. The van der Waals surface area contributed by atoms with Gasteiger partial charge < -0.3 is 5.32 Å². The number of sulfone groups is 1. The van der Waals surface area contributed by atoms with Crippen LogP contribution < -0.4 is 5.32 Å². The Morgan fingerprint density at radius 1 is 1.28 bits per heavy atom. The van der Waals surface area contributed by atoms with Crippen LogP contribution in [0.1, 0.15) is 25.1 Å². The first kappa shape index (κ1) is 15.7. The van der Waals surface area contributed by atoms with Gasteiger partial charge in [-0.1, -0.05) is 19.9 Å². The predicted molar refractivity (Wildman–Crippen MR) is 79.0 cm³/mol. The number of hydrogen-bond donors (Lipinski definition) is 1. The average Bonchev–Trinajstić information content (AvgIpc) is 2.79. The van der Waals surface area contributed by atoms with Gasteiger partial charge in [-0.05, 0) is 36.8 Å². The molecule has 0 aromatic carbocycles. The second-order valence-corrected chi connectivity index (χ2v) is 8.25. The normalized spacial score (nSPS) is 12.2. The quantitative estimate of drug-likeness (QED) is 0.710. The highest BCUT2D eigenvalue weighted by atomic mass is 32.2. The zero-order chi connectivity index (χ0) is 13.4. The summed E-state index contributed by atoms with van der Waals surface area (Å²) in [6.07, 6.45) is 1.74. The van der Waals surface area contributed by atoms with E-state index in [9.17, 15) is 8.42 Å². The first-order chi connectivity index (χ1) is 8.49. The molecule has 0 bridgehead atoms. The lowest BCUT2D eigenvalue weighted by atomic mass is 10.2. The van der Waals surface area contributed by atoms with Crippen LogP contribution in [0, 0.1) is 5.92 Å². The Morgan fingerprint density at radius 2 is 2.06 bits per heavy atom. The Balaban J connectivity index is 2.09. The van der Waals surface area contributed by atoms with Crippen molar-refractivity contribution in [1.82, 2.24) is 5.32 Å². The van der Waals surface area contributed by atoms with Crippen molar-refractivity contribution in [3.8, 4) is 0 Å². The van der Waals surface area contributed by atoms with Gasteiger partial charge in [0.15, 0.2) is 9.84 Å². The highest BCUT2D eigenvalue weighted by molar-refractivity contribution is 7.91. The van der Waals surface area contributed by atoms with E-state index >= 15 is 0 Å². The van der Waals surface area contributed by atoms with Crippen molar-refractivity contribution in [2.24, 2.45) is 5.92 Å². The largest absolute Gasteiger partial charge is 0.315 e. The van der Waals surface area contributed by atoms with Crippen molar-refractivity contribution in [2.75, 3.05) is 24.6 Å². The first-order valence-electron chi connectivity index (χ1n) is 6.43. The third kappa shape index (κ3) is 7.13. The Hall–Kier alpha value is -0.390. The summed E-state index contributed by atoms with van der Waals surface area (Å²) >= 11 is 1.74. The van der Waals surface area contributed by atoms with Gasteiger partial charge in [0.05, 0.1) is 11.5 Å². The van der Waals surface area contributed by atoms with Crippen molar-refractivity contribution < 1.29 is 8.42 Å². The fourth-order valence-corrected chi connectivity index (χ4v) is 3.74. The molecule has 0 fully saturated rings. The van der Waals surface area contributed by atoms with Gasteiger partial charge in [0, 0.05) is 11.4 Å². The van der Waals surface area contributed by atoms with Gasteiger partial charge in [0.1, 0.15) is 0 Å². The Kier molecular flexibility index (Phi) is 6.89. The van der Waals surface area contributed by atoms with Crippen molar-refractivity contribution in [3.63, 3.8) is 0 Å². The molecule has 0 unspecified atom stereocenters. The minimum absolute atomic E-state index is 0.254. The van der Waals surface area contributed by atoms with Gasteiger partial charge in [-0.15, -0.1) is 11.3 Å². The Labute approximate surface area is 115 Å². The van der Waals surface area contributed by atoms with Crippen molar-refractivity contribution in [3.05, 3.63) is 22.4 Å². The lowest BCUT2D eigenvalue weighted by Crippen LogP contribution is -2.26. The van der Waals surface area contributed by atoms with Gasteiger partial charge in [-0.3, -0.25) is 0 Å². The lowest BCUT2D eigenvalue weighted by molar-refractivity contribution is 0.570. The van der Waals surface area contributed by atoms with E-state index < -0.39 is 9.84 Å². The van der Waals surface area contributed by atoms with Crippen LogP contribution in [0.25, 0.3) is 0 Å². The third-order valence-electron chi connectivity index (χ3n) is 2.72. The second kappa shape index (κ2) is 7.92. The monoisotopic (exact) mass is 289 g/mol. The fraction of sp³-hybridized carbons (Fsp3) is 0.692. The maximum absolute atomic E-state index is 11.7. The molecule has 0 saturated carbocycles. The van der Waals surface area contributed by atoms with Crippen molar-refractivity contribution >= 4 is 21.2 Å². The second-order valence-electron chi connectivity index (χ2n) is 4.91. The van der Waals surface area contributed by atoms with Crippen LogP contribution in [-0.4, -0.2) is 33.0 Å². The van der Waals surface area contributed by atoms with E-state index in [0.29, 0.717) is 18.2 Å². The smallest absolute Gasteiger partial charge is 0.151 e. The summed E-state index contributed by atoms with van der Waals surface area (Å²) in [5.41, 5.74) is 0. The van der Waals surface area contributed by atoms with Gasteiger partial charge in [-0.25, -0.2) is 8.42 Å². The van der Waals surface area contributed by atoms with Crippen molar-refractivity contribution in [1.29, 1.82) is 0 Å². The molecule has 1 aromatic heterocycles. The minimum Gasteiger partial charge on any atom is -0.315 e. The summed E-state index contributed by atoms with van der Waals surface area (Å²) in [6.45, 7) is 5.51. The molecular weight excluding hydrogens is 266 g/mol. The molecule has 1 heterocycles. The summed E-state index contributed by atoms with van der Waals surface area (Å²) in [7, 11) is -2.87. The van der Waals surface area contributed by atoms with Crippen LogP contribution in [0.15, 0.2) is 17.5 Å². The SMILES string of the molecule is CC(C)CCS(=O)(=O)CCNCCc1cccs1. The molecule has 0 aliphatic rings. The van der Waals surface area contributed by atoms with Crippen LogP contribution in [-0.2, 0) is 16.3 Å². The molecule has 1 aromatic rings. The fourth-order valence-electron chi connectivity index (χ4n) is 1.54. The maximum atomic E-state index is 11.7. The molecule has 0 spiro atoms. The molecule has 5 heteroatoms. The number of rotatable bonds is 9. The molecule has 104 valence electrons. The zero-order valence-corrected chi connectivity index (χ0v) is 12.8. The Morgan fingerprint density at radius 3 is 2.67 bits per heavy atom. The van der Waals surface area contributed by atoms with E-state index in [4.69, 9.17) is 0 Å². The van der Waals surface area contributed by atoms with E-state index in [0.717, 1.165) is 19.4 Å². The molecule has 0 aliphatic heterocycles. The standard InChI is InChI=1S/C13H23NO2S2/c1-12(2)6-10-18(15,16)11-8-14-7-5-13-4-3-9-17-13/h3-4,9,12,14H,5-8,10-11H2,1-2H3. The third-order valence-corrected chi connectivity index (χ3v) is 5.34.